The minimum absolute atomic E-state index is 0.00157. The van der Waals surface area contributed by atoms with E-state index in [1.165, 1.54) is 0 Å². The van der Waals surface area contributed by atoms with E-state index in [4.69, 9.17) is 28.5 Å². The Balaban J connectivity index is 3.05. The van der Waals surface area contributed by atoms with Crippen molar-refractivity contribution in [2.45, 2.75) is 19.9 Å². The largest absolute Gasteiger partial charge is 0.356 e. The number of nitrogens with zero attached hydrogens (tertiary/aromatic N) is 3. The second kappa shape index (κ2) is 5.90. The van der Waals surface area contributed by atoms with Crippen molar-refractivity contribution in [3.8, 4) is 6.19 Å². The smallest absolute Gasteiger partial charge is 0.207 e. The standard InChI is InChI=1S/C12H13Cl2N3/c1-8(17(3)9(2)16-7-15)10-5-4-6-11(13)12(10)14/h4-6,8H,1-3H3/b16-9+. The number of amidine groups is 1. The Morgan fingerprint density at radius 2 is 2.12 bits per heavy atom. The summed E-state index contributed by atoms with van der Waals surface area (Å²) in [6, 6.07) is 5.51. The molecular weight excluding hydrogens is 257 g/mol. The van der Waals surface area contributed by atoms with Crippen molar-refractivity contribution in [1.29, 1.82) is 5.26 Å². The molecule has 17 heavy (non-hydrogen) atoms. The molecule has 0 N–H and O–H groups in total. The van der Waals surface area contributed by atoms with E-state index in [-0.39, 0.29) is 6.04 Å². The van der Waals surface area contributed by atoms with Crippen molar-refractivity contribution in [2.24, 2.45) is 4.99 Å². The summed E-state index contributed by atoms with van der Waals surface area (Å²) in [6.07, 6.45) is 1.77. The van der Waals surface area contributed by atoms with Crippen molar-refractivity contribution in [3.63, 3.8) is 0 Å². The molecule has 0 radical (unpaired) electrons. The second-order valence-electron chi connectivity index (χ2n) is 3.69. The Labute approximate surface area is 111 Å². The van der Waals surface area contributed by atoms with E-state index in [1.54, 1.807) is 19.2 Å². The van der Waals surface area contributed by atoms with Gasteiger partial charge in [0.25, 0.3) is 0 Å². The van der Waals surface area contributed by atoms with Crippen molar-refractivity contribution < 1.29 is 0 Å². The lowest BCUT2D eigenvalue weighted by Crippen LogP contribution is -2.27. The first-order valence-corrected chi connectivity index (χ1v) is 5.84. The molecule has 0 aliphatic heterocycles. The highest BCUT2D eigenvalue weighted by Gasteiger charge is 2.17. The first-order valence-electron chi connectivity index (χ1n) is 5.09. The Bertz CT molecular complexity index is 477. The van der Waals surface area contributed by atoms with E-state index in [2.05, 4.69) is 4.99 Å². The van der Waals surface area contributed by atoms with Crippen molar-refractivity contribution in [3.05, 3.63) is 33.8 Å². The fourth-order valence-corrected chi connectivity index (χ4v) is 1.95. The first kappa shape index (κ1) is 13.8. The van der Waals surface area contributed by atoms with Crippen LogP contribution in [0.25, 0.3) is 0 Å². The molecule has 1 unspecified atom stereocenters. The van der Waals surface area contributed by atoms with Crippen LogP contribution in [0.4, 0.5) is 0 Å². The summed E-state index contributed by atoms with van der Waals surface area (Å²) in [4.78, 5) is 5.57. The number of hydrogen-bond donors (Lipinski definition) is 0. The molecule has 1 aromatic rings. The van der Waals surface area contributed by atoms with Gasteiger partial charge in [0.1, 0.15) is 5.84 Å². The minimum atomic E-state index is -0.00157. The summed E-state index contributed by atoms with van der Waals surface area (Å²) < 4.78 is 0. The summed E-state index contributed by atoms with van der Waals surface area (Å²) in [5.41, 5.74) is 0.911. The van der Waals surface area contributed by atoms with Crippen LogP contribution < -0.4 is 0 Å². The molecule has 0 aliphatic carbocycles. The normalized spacial score (nSPS) is 13.1. The van der Waals surface area contributed by atoms with E-state index in [1.807, 2.05) is 31.0 Å². The van der Waals surface area contributed by atoms with E-state index in [0.29, 0.717) is 15.9 Å². The predicted octanol–water partition coefficient (Wildman–Crippen LogP) is 3.89. The van der Waals surface area contributed by atoms with E-state index in [0.717, 1.165) is 5.56 Å². The lowest BCUT2D eigenvalue weighted by molar-refractivity contribution is 0.400. The van der Waals surface area contributed by atoms with Crippen LogP contribution in [0.1, 0.15) is 25.5 Å². The second-order valence-corrected chi connectivity index (χ2v) is 4.47. The molecule has 1 atom stereocenters. The van der Waals surface area contributed by atoms with E-state index < -0.39 is 0 Å². The maximum atomic E-state index is 8.53. The van der Waals surface area contributed by atoms with Gasteiger partial charge in [-0.3, -0.25) is 0 Å². The molecule has 3 nitrogen and oxygen atoms in total. The van der Waals surface area contributed by atoms with Crippen LogP contribution >= 0.6 is 23.2 Å². The van der Waals surface area contributed by atoms with Gasteiger partial charge in [-0.15, -0.1) is 0 Å². The number of rotatable bonds is 2. The van der Waals surface area contributed by atoms with Gasteiger partial charge < -0.3 is 4.90 Å². The monoisotopic (exact) mass is 269 g/mol. The highest BCUT2D eigenvalue weighted by atomic mass is 35.5. The van der Waals surface area contributed by atoms with Crippen molar-refractivity contribution in [2.75, 3.05) is 7.05 Å². The molecule has 0 aromatic heterocycles. The van der Waals surface area contributed by atoms with Gasteiger partial charge in [0.05, 0.1) is 16.1 Å². The molecule has 0 heterocycles. The molecule has 0 saturated heterocycles. The van der Waals surface area contributed by atoms with Crippen molar-refractivity contribution in [1.82, 2.24) is 4.90 Å². The fraction of sp³-hybridized carbons (Fsp3) is 0.333. The first-order chi connectivity index (χ1) is 7.99. The Morgan fingerprint density at radius 3 is 2.71 bits per heavy atom. The molecule has 90 valence electrons. The molecule has 0 spiro atoms. The number of benzene rings is 1. The van der Waals surface area contributed by atoms with Crippen LogP contribution in [-0.4, -0.2) is 17.8 Å². The van der Waals surface area contributed by atoms with Crippen LogP contribution in [0.15, 0.2) is 23.2 Å². The Hall–Kier alpha value is -1.24. The lowest BCUT2D eigenvalue weighted by Gasteiger charge is -2.27. The highest BCUT2D eigenvalue weighted by molar-refractivity contribution is 6.42. The predicted molar refractivity (Wildman–Crippen MR) is 71.4 cm³/mol. The third-order valence-corrected chi connectivity index (χ3v) is 3.57. The van der Waals surface area contributed by atoms with Gasteiger partial charge in [0.15, 0.2) is 0 Å². The molecule has 1 aromatic carbocycles. The molecule has 1 rings (SSSR count). The topological polar surface area (TPSA) is 39.4 Å². The zero-order valence-electron chi connectivity index (χ0n) is 9.91. The molecule has 0 saturated carbocycles. The average molecular weight is 270 g/mol. The van der Waals surface area contributed by atoms with E-state index in [9.17, 15) is 0 Å². The maximum Gasteiger partial charge on any atom is 0.207 e. The molecule has 0 amide bonds. The third kappa shape index (κ3) is 3.12. The van der Waals surface area contributed by atoms with Gasteiger partial charge in [-0.05, 0) is 25.5 Å². The summed E-state index contributed by atoms with van der Waals surface area (Å²) >= 11 is 12.1. The van der Waals surface area contributed by atoms with Gasteiger partial charge in [0, 0.05) is 7.05 Å². The lowest BCUT2D eigenvalue weighted by atomic mass is 10.1. The zero-order chi connectivity index (χ0) is 13.0. The number of halogens is 2. The summed E-state index contributed by atoms with van der Waals surface area (Å²) in [6.45, 7) is 3.76. The maximum absolute atomic E-state index is 8.53. The van der Waals surface area contributed by atoms with Gasteiger partial charge in [-0.25, -0.2) is 0 Å². The third-order valence-electron chi connectivity index (χ3n) is 2.73. The Kier molecular flexibility index (Phi) is 4.80. The number of aliphatic imine (C=N–C) groups is 1. The van der Waals surface area contributed by atoms with E-state index >= 15 is 0 Å². The van der Waals surface area contributed by atoms with Gasteiger partial charge in [0.2, 0.25) is 6.19 Å². The summed E-state index contributed by atoms with van der Waals surface area (Å²) in [5.74, 6) is 0.635. The molecular formula is C12H13Cl2N3. The van der Waals surface area contributed by atoms with Crippen LogP contribution in [-0.2, 0) is 0 Å². The summed E-state index contributed by atoms with van der Waals surface area (Å²) in [7, 11) is 1.86. The minimum Gasteiger partial charge on any atom is -0.356 e. The quantitative estimate of drug-likeness (QED) is 0.464. The average Bonchev–Trinajstić information content (AvgIpc) is 2.31. The Morgan fingerprint density at radius 1 is 1.47 bits per heavy atom. The highest BCUT2D eigenvalue weighted by Crippen LogP contribution is 2.32. The number of nitriles is 1. The van der Waals surface area contributed by atoms with Gasteiger partial charge in [-0.2, -0.15) is 10.3 Å². The van der Waals surface area contributed by atoms with Gasteiger partial charge in [-0.1, -0.05) is 35.3 Å². The van der Waals surface area contributed by atoms with Gasteiger partial charge >= 0.3 is 0 Å². The molecule has 0 bridgehead atoms. The van der Waals surface area contributed by atoms with Crippen LogP contribution in [0, 0.1) is 11.5 Å². The van der Waals surface area contributed by atoms with Crippen LogP contribution in [0.2, 0.25) is 10.0 Å². The number of hydrogen-bond acceptors (Lipinski definition) is 2. The fourth-order valence-electron chi connectivity index (χ4n) is 1.48. The molecule has 0 aliphatic rings. The van der Waals surface area contributed by atoms with Crippen LogP contribution in [0.3, 0.4) is 0 Å². The van der Waals surface area contributed by atoms with Crippen molar-refractivity contribution >= 4 is 29.0 Å². The molecule has 5 heteroatoms. The SMILES string of the molecule is C/C(=N\C#N)N(C)C(C)c1cccc(Cl)c1Cl. The molecule has 0 fully saturated rings. The van der Waals surface area contributed by atoms with Crippen LogP contribution in [0.5, 0.6) is 0 Å². The summed E-state index contributed by atoms with van der Waals surface area (Å²) in [5, 5.41) is 9.59. The zero-order valence-corrected chi connectivity index (χ0v) is 11.4.